The number of hydrogen-bond donors (Lipinski definition) is 5. The zero-order valence-electron chi connectivity index (χ0n) is 16.5. The number of nitrogens with two attached hydrogens (primary N) is 1. The second-order valence-corrected chi connectivity index (χ2v) is 13.3. The molecule has 0 spiro atoms. The number of H-pyrrole nitrogens is 1. The van der Waals surface area contributed by atoms with Crippen LogP contribution in [-0.2, 0) is 27.5 Å². The quantitative estimate of drug-likeness (QED) is 0.223. The molecule has 0 fully saturated rings. The number of imidazole rings is 1. The minimum absolute atomic E-state index is 0.00371. The lowest BCUT2D eigenvalue weighted by Crippen LogP contribution is -2.20. The maximum Gasteiger partial charge on any atom is 0.418 e. The highest BCUT2D eigenvalue weighted by atomic mass is 31.3. The van der Waals surface area contributed by atoms with Gasteiger partial charge in [-0.05, 0) is 6.08 Å². The molecular weight excluding hydrogens is 517 g/mol. The van der Waals surface area contributed by atoms with Crippen molar-refractivity contribution in [3.05, 3.63) is 28.8 Å². The van der Waals surface area contributed by atoms with Gasteiger partial charge in [0, 0.05) is 6.66 Å². The number of rotatable bonds is 9. The summed E-state index contributed by atoms with van der Waals surface area (Å²) in [6.07, 6.45) is 1.32. The van der Waals surface area contributed by atoms with E-state index in [4.69, 9.17) is 20.1 Å². The third kappa shape index (κ3) is 5.32. The fourth-order valence-corrected chi connectivity index (χ4v) is 7.14. The summed E-state index contributed by atoms with van der Waals surface area (Å²) in [4.78, 5) is 49.8. The fraction of sp³-hybridized carbons (Fsp3) is 0.462. The summed E-state index contributed by atoms with van der Waals surface area (Å²) in [7, 11) is -17.1. The zero-order chi connectivity index (χ0) is 24.8. The molecule has 33 heavy (non-hydrogen) atoms. The van der Waals surface area contributed by atoms with Gasteiger partial charge < -0.3 is 29.9 Å². The molecular formula is C13H18F2N5O10P3. The summed E-state index contributed by atoms with van der Waals surface area (Å²) in [6.45, 7) is -0.316. The standard InChI is InChI=1S/C13H18F2N5O10P3/c1-31(22,23)13(14,15)33(26,27)30-32(24,25)6-28-4-7-2-3-8(29-7)20-5-17-9-10(20)18-12(16)19-11(9)21/h2-3,5,7-8H,4,6H2,1H3,(H,22,23)(H,24,25)(H,26,27)(H3,16,18,19,21)/t7-,8+/m0/s1. The predicted octanol–water partition coefficient (Wildman–Crippen LogP) is 0.967. The highest BCUT2D eigenvalue weighted by Crippen LogP contribution is 2.77. The van der Waals surface area contributed by atoms with E-state index in [1.807, 2.05) is 0 Å². The van der Waals surface area contributed by atoms with Crippen molar-refractivity contribution in [2.75, 3.05) is 25.4 Å². The van der Waals surface area contributed by atoms with E-state index < -0.39 is 58.8 Å². The Labute approximate surface area is 182 Å². The summed E-state index contributed by atoms with van der Waals surface area (Å²) in [5.41, 5.74) is 5.08. The molecule has 3 rings (SSSR count). The van der Waals surface area contributed by atoms with Crippen LogP contribution in [0.3, 0.4) is 0 Å². The average molecular weight is 535 g/mol. The zero-order valence-corrected chi connectivity index (χ0v) is 19.2. The minimum atomic E-state index is -6.32. The van der Waals surface area contributed by atoms with Gasteiger partial charge >= 0.3 is 20.6 Å². The molecule has 0 saturated heterocycles. The minimum Gasteiger partial charge on any atom is -0.369 e. The first-order valence-electron chi connectivity index (χ1n) is 8.72. The molecule has 15 nitrogen and oxygen atoms in total. The average Bonchev–Trinajstić information content (AvgIpc) is 3.26. The van der Waals surface area contributed by atoms with E-state index in [2.05, 4.69) is 19.3 Å². The number of hydrogen-bond acceptors (Lipinski definition) is 10. The van der Waals surface area contributed by atoms with Gasteiger partial charge in [0.1, 0.15) is 12.5 Å². The van der Waals surface area contributed by atoms with E-state index in [9.17, 15) is 37.1 Å². The molecule has 5 atom stereocenters. The lowest BCUT2D eigenvalue weighted by molar-refractivity contribution is -0.0216. The fourth-order valence-electron chi connectivity index (χ4n) is 2.64. The first-order chi connectivity index (χ1) is 15.0. The number of aromatic amines is 1. The lowest BCUT2D eigenvalue weighted by atomic mass is 10.4. The van der Waals surface area contributed by atoms with Gasteiger partial charge in [0.15, 0.2) is 17.4 Å². The van der Waals surface area contributed by atoms with Gasteiger partial charge in [-0.2, -0.15) is 13.8 Å². The number of alkyl halides is 2. The second-order valence-electron chi connectivity index (χ2n) is 6.85. The monoisotopic (exact) mass is 535 g/mol. The SMILES string of the molecule is CP(=O)(O)C(F)(F)P(=O)(O)OP(=O)(O)COC[C@@H]1C=C[C@H](n2cnc3c(=O)[nH]c(N)nc32)O1. The van der Waals surface area contributed by atoms with E-state index in [-0.39, 0.29) is 23.8 Å². The van der Waals surface area contributed by atoms with Crippen molar-refractivity contribution in [1.29, 1.82) is 0 Å². The van der Waals surface area contributed by atoms with Gasteiger partial charge in [0.05, 0.1) is 12.9 Å². The lowest BCUT2D eigenvalue weighted by Gasteiger charge is -2.25. The molecule has 1 aliphatic rings. The van der Waals surface area contributed by atoms with Gasteiger partial charge in [0.25, 0.3) is 12.9 Å². The van der Waals surface area contributed by atoms with Crippen molar-refractivity contribution < 1.29 is 50.9 Å². The van der Waals surface area contributed by atoms with Gasteiger partial charge in [-0.1, -0.05) is 6.08 Å². The Morgan fingerprint density at radius 1 is 1.30 bits per heavy atom. The predicted molar refractivity (Wildman–Crippen MR) is 108 cm³/mol. The van der Waals surface area contributed by atoms with Crippen molar-refractivity contribution in [2.24, 2.45) is 0 Å². The summed E-state index contributed by atoms with van der Waals surface area (Å²) in [5, 5.41) is -5.17. The van der Waals surface area contributed by atoms with Crippen LogP contribution in [0, 0.1) is 0 Å². The molecule has 3 unspecified atom stereocenters. The van der Waals surface area contributed by atoms with E-state index >= 15 is 0 Å². The topological polar surface area (TPSA) is 229 Å². The molecule has 0 amide bonds. The maximum absolute atomic E-state index is 13.6. The number of aromatic nitrogens is 4. The Bertz CT molecular complexity index is 1290. The van der Waals surface area contributed by atoms with Gasteiger partial charge in [-0.3, -0.25) is 28.0 Å². The smallest absolute Gasteiger partial charge is 0.369 e. The van der Waals surface area contributed by atoms with Crippen molar-refractivity contribution in [3.63, 3.8) is 0 Å². The largest absolute Gasteiger partial charge is 0.418 e. The van der Waals surface area contributed by atoms with Crippen LogP contribution < -0.4 is 11.3 Å². The maximum atomic E-state index is 13.6. The van der Waals surface area contributed by atoms with Crippen molar-refractivity contribution in [1.82, 2.24) is 19.5 Å². The molecule has 2 aromatic rings. The third-order valence-electron chi connectivity index (χ3n) is 4.14. The van der Waals surface area contributed by atoms with E-state index in [1.165, 1.54) is 23.0 Å². The first-order valence-corrected chi connectivity index (χ1v) is 14.2. The van der Waals surface area contributed by atoms with Crippen LogP contribution in [0.5, 0.6) is 0 Å². The first kappa shape index (κ1) is 25.8. The van der Waals surface area contributed by atoms with Crippen LogP contribution in [0.1, 0.15) is 6.23 Å². The molecule has 6 N–H and O–H groups in total. The van der Waals surface area contributed by atoms with E-state index in [0.717, 1.165) is 0 Å². The van der Waals surface area contributed by atoms with Crippen molar-refractivity contribution in [3.8, 4) is 0 Å². The van der Waals surface area contributed by atoms with E-state index in [0.29, 0.717) is 0 Å². The molecule has 0 bridgehead atoms. The summed E-state index contributed by atoms with van der Waals surface area (Å²) in [5.74, 6) is -0.151. The Morgan fingerprint density at radius 3 is 2.61 bits per heavy atom. The van der Waals surface area contributed by atoms with Gasteiger partial charge in [-0.25, -0.2) is 9.29 Å². The molecule has 0 radical (unpaired) electrons. The Balaban J connectivity index is 1.59. The molecule has 0 aliphatic carbocycles. The highest BCUT2D eigenvalue weighted by molar-refractivity contribution is 7.78. The van der Waals surface area contributed by atoms with Crippen LogP contribution in [0.25, 0.3) is 11.2 Å². The number of fused-ring (bicyclic) bond motifs is 1. The number of halogens is 2. The number of nitrogen functional groups attached to an aromatic ring is 1. The van der Waals surface area contributed by atoms with Crippen LogP contribution in [0.4, 0.5) is 14.7 Å². The molecule has 20 heteroatoms. The normalized spacial score (nSPS) is 24.4. The number of nitrogens with zero attached hydrogens (tertiary/aromatic N) is 3. The van der Waals surface area contributed by atoms with Crippen LogP contribution in [-0.4, -0.2) is 65.3 Å². The number of nitrogens with one attached hydrogen (secondary N) is 1. The van der Waals surface area contributed by atoms with Crippen LogP contribution in [0.2, 0.25) is 0 Å². The summed E-state index contributed by atoms with van der Waals surface area (Å²) >= 11 is 0. The molecule has 0 aromatic carbocycles. The Hall–Kier alpha value is -1.80. The molecule has 184 valence electrons. The molecule has 1 aliphatic heterocycles. The highest BCUT2D eigenvalue weighted by Gasteiger charge is 2.64. The van der Waals surface area contributed by atoms with Crippen molar-refractivity contribution >= 4 is 39.7 Å². The molecule has 2 aromatic heterocycles. The molecule has 3 heterocycles. The Morgan fingerprint density at radius 2 is 1.97 bits per heavy atom. The van der Waals surface area contributed by atoms with Gasteiger partial charge in [-0.15, -0.1) is 0 Å². The van der Waals surface area contributed by atoms with Gasteiger partial charge in [0.2, 0.25) is 5.95 Å². The summed E-state index contributed by atoms with van der Waals surface area (Å²) < 4.78 is 77.5. The van der Waals surface area contributed by atoms with E-state index in [1.54, 1.807) is 0 Å². The van der Waals surface area contributed by atoms with Crippen molar-refractivity contribution in [2.45, 2.75) is 17.7 Å². The third-order valence-corrected chi connectivity index (χ3v) is 10.1. The van der Waals surface area contributed by atoms with Crippen LogP contribution >= 0.6 is 22.6 Å². The second kappa shape index (κ2) is 8.77. The number of ether oxygens (including phenoxy) is 2. The number of anilines is 1. The molecule has 0 saturated carbocycles. The van der Waals surface area contributed by atoms with Crippen LogP contribution in [0.15, 0.2) is 23.3 Å². The summed E-state index contributed by atoms with van der Waals surface area (Å²) in [6, 6.07) is 0. The Kier molecular flexibility index (Phi) is 6.86.